The predicted molar refractivity (Wildman–Crippen MR) is 105 cm³/mol. The van der Waals surface area contributed by atoms with Crippen LogP contribution in [0.1, 0.15) is 11.1 Å². The number of carbonyl (C=O) groups excluding carboxylic acids is 1. The molecule has 0 bridgehead atoms. The number of nitrogens with one attached hydrogen (secondary N) is 1. The molecule has 1 amide bonds. The van der Waals surface area contributed by atoms with Crippen LogP contribution < -0.4 is 14.4 Å². The first-order chi connectivity index (χ1) is 12.9. The molecule has 0 fully saturated rings. The molecule has 1 aliphatic heterocycles. The average Bonchev–Trinajstić information content (AvgIpc) is 3.10. The van der Waals surface area contributed by atoms with Gasteiger partial charge in [0, 0.05) is 13.1 Å². The summed E-state index contributed by atoms with van der Waals surface area (Å²) in [5, 5.41) is 2.62. The Morgan fingerprint density at radius 2 is 2.07 bits per heavy atom. The first-order valence-electron chi connectivity index (χ1n) is 8.65. The average molecular weight is 386 g/mol. The van der Waals surface area contributed by atoms with Crippen molar-refractivity contribution >= 4 is 21.6 Å². The summed E-state index contributed by atoms with van der Waals surface area (Å²) in [7, 11) is -3.65. The Labute approximate surface area is 159 Å². The van der Waals surface area contributed by atoms with Gasteiger partial charge >= 0.3 is 0 Å². The van der Waals surface area contributed by atoms with Crippen LogP contribution in [0.15, 0.2) is 60.0 Å². The summed E-state index contributed by atoms with van der Waals surface area (Å²) in [6.07, 6.45) is 2.29. The fourth-order valence-corrected chi connectivity index (χ4v) is 4.60. The molecule has 0 atom stereocenters. The first kappa shape index (κ1) is 19.0. The van der Waals surface area contributed by atoms with Gasteiger partial charge in [-0.3, -0.25) is 9.10 Å². The summed E-state index contributed by atoms with van der Waals surface area (Å²) in [4.78, 5) is 11.8. The summed E-state index contributed by atoms with van der Waals surface area (Å²) < 4.78 is 33.0. The van der Waals surface area contributed by atoms with Crippen molar-refractivity contribution in [3.05, 3.63) is 66.2 Å². The number of ether oxygens (including phenoxy) is 1. The molecule has 0 spiro atoms. The van der Waals surface area contributed by atoms with E-state index in [0.29, 0.717) is 30.8 Å². The van der Waals surface area contributed by atoms with Crippen LogP contribution in [-0.2, 0) is 21.2 Å². The van der Waals surface area contributed by atoms with E-state index in [2.05, 4.69) is 11.9 Å². The summed E-state index contributed by atoms with van der Waals surface area (Å²) in [5.74, 6) is 0.212. The number of amides is 1. The highest BCUT2D eigenvalue weighted by Crippen LogP contribution is 2.33. The van der Waals surface area contributed by atoms with Crippen LogP contribution in [0, 0.1) is 6.92 Å². The third-order valence-corrected chi connectivity index (χ3v) is 6.19. The molecule has 1 aliphatic rings. The topological polar surface area (TPSA) is 75.7 Å². The van der Waals surface area contributed by atoms with Crippen LogP contribution in [0.5, 0.6) is 5.75 Å². The lowest BCUT2D eigenvalue weighted by Gasteiger charge is -2.20. The second-order valence-corrected chi connectivity index (χ2v) is 8.13. The maximum Gasteiger partial charge on any atom is 0.264 e. The zero-order valence-electron chi connectivity index (χ0n) is 15.1. The number of aryl methyl sites for hydroxylation is 1. The number of hydrogen-bond donors (Lipinski definition) is 1. The lowest BCUT2D eigenvalue weighted by atomic mass is 10.2. The van der Waals surface area contributed by atoms with Crippen LogP contribution in [0.25, 0.3) is 0 Å². The van der Waals surface area contributed by atoms with Crippen LogP contribution in [0.4, 0.5) is 5.69 Å². The van der Waals surface area contributed by atoms with Crippen molar-refractivity contribution in [3.8, 4) is 5.75 Å². The van der Waals surface area contributed by atoms with Crippen molar-refractivity contribution < 1.29 is 17.9 Å². The molecule has 0 aromatic heterocycles. The quantitative estimate of drug-likeness (QED) is 0.742. The number of sulfonamides is 1. The van der Waals surface area contributed by atoms with E-state index in [1.165, 1.54) is 10.4 Å². The number of hydrogen-bond acceptors (Lipinski definition) is 4. The highest BCUT2D eigenvalue weighted by molar-refractivity contribution is 7.92. The zero-order chi connectivity index (χ0) is 19.4. The molecule has 27 heavy (non-hydrogen) atoms. The molecule has 7 heteroatoms. The molecular formula is C20H22N2O4S. The van der Waals surface area contributed by atoms with E-state index in [-0.39, 0.29) is 17.4 Å². The van der Waals surface area contributed by atoms with Crippen LogP contribution in [-0.4, -0.2) is 34.0 Å². The number of benzene rings is 2. The van der Waals surface area contributed by atoms with Gasteiger partial charge in [0.15, 0.2) is 6.61 Å². The van der Waals surface area contributed by atoms with Crippen molar-refractivity contribution in [2.24, 2.45) is 0 Å². The number of fused-ring (bicyclic) bond motifs is 1. The minimum Gasteiger partial charge on any atom is -0.484 e. The number of carbonyl (C=O) groups is 1. The fraction of sp³-hybridized carbons (Fsp3) is 0.250. The van der Waals surface area contributed by atoms with Crippen LogP contribution >= 0.6 is 0 Å². The van der Waals surface area contributed by atoms with Crippen molar-refractivity contribution in [2.75, 3.05) is 24.0 Å². The highest BCUT2D eigenvalue weighted by Gasteiger charge is 2.30. The van der Waals surface area contributed by atoms with Gasteiger partial charge in [0.25, 0.3) is 15.9 Å². The van der Waals surface area contributed by atoms with E-state index in [1.807, 2.05) is 24.3 Å². The van der Waals surface area contributed by atoms with Crippen LogP contribution in [0.2, 0.25) is 0 Å². The molecule has 3 rings (SSSR count). The van der Waals surface area contributed by atoms with E-state index < -0.39 is 10.0 Å². The Kier molecular flexibility index (Phi) is 5.51. The molecule has 2 aromatic carbocycles. The Hall–Kier alpha value is -2.80. The van der Waals surface area contributed by atoms with E-state index in [0.717, 1.165) is 11.3 Å². The van der Waals surface area contributed by atoms with Crippen molar-refractivity contribution in [3.63, 3.8) is 0 Å². The summed E-state index contributed by atoms with van der Waals surface area (Å²) in [6.45, 7) is 5.95. The lowest BCUT2D eigenvalue weighted by molar-refractivity contribution is -0.122. The number of rotatable bonds is 7. The van der Waals surface area contributed by atoms with E-state index >= 15 is 0 Å². The van der Waals surface area contributed by atoms with E-state index in [9.17, 15) is 13.2 Å². The largest absolute Gasteiger partial charge is 0.484 e. The van der Waals surface area contributed by atoms with Gasteiger partial charge < -0.3 is 10.1 Å². The maximum absolute atomic E-state index is 13.1. The molecule has 1 heterocycles. The van der Waals surface area contributed by atoms with Crippen LogP contribution in [0.3, 0.4) is 0 Å². The van der Waals surface area contributed by atoms with Gasteiger partial charge in [-0.1, -0.05) is 24.3 Å². The van der Waals surface area contributed by atoms with Gasteiger partial charge in [-0.05, 0) is 48.7 Å². The van der Waals surface area contributed by atoms with Gasteiger partial charge in [-0.25, -0.2) is 8.42 Å². The Morgan fingerprint density at radius 3 is 2.81 bits per heavy atom. The molecule has 0 saturated carbocycles. The Bertz CT molecular complexity index is 970. The summed E-state index contributed by atoms with van der Waals surface area (Å²) in [6, 6.07) is 12.2. The SMILES string of the molecule is C=CCNC(=O)COc1ccc(S(=O)(=O)N2CCc3ccccc32)cc1C. The second kappa shape index (κ2) is 7.84. The van der Waals surface area contributed by atoms with Crippen molar-refractivity contribution in [1.29, 1.82) is 0 Å². The first-order valence-corrected chi connectivity index (χ1v) is 10.1. The van der Waals surface area contributed by atoms with Gasteiger partial charge in [0.1, 0.15) is 5.75 Å². The molecule has 2 aromatic rings. The van der Waals surface area contributed by atoms with Gasteiger partial charge in [-0.2, -0.15) is 0 Å². The number of nitrogens with zero attached hydrogens (tertiary/aromatic N) is 1. The minimum atomic E-state index is -3.65. The van der Waals surface area contributed by atoms with Crippen molar-refractivity contribution in [1.82, 2.24) is 5.32 Å². The van der Waals surface area contributed by atoms with Gasteiger partial charge in [-0.15, -0.1) is 6.58 Å². The molecule has 6 nitrogen and oxygen atoms in total. The van der Waals surface area contributed by atoms with E-state index in [1.54, 1.807) is 25.1 Å². The maximum atomic E-state index is 13.1. The molecule has 142 valence electrons. The molecule has 0 radical (unpaired) electrons. The lowest BCUT2D eigenvalue weighted by Crippen LogP contribution is -2.29. The summed E-state index contributed by atoms with van der Waals surface area (Å²) in [5.41, 5.74) is 2.41. The minimum absolute atomic E-state index is 0.139. The molecular weight excluding hydrogens is 364 g/mol. The monoisotopic (exact) mass is 386 g/mol. The number of anilines is 1. The second-order valence-electron chi connectivity index (χ2n) is 6.26. The highest BCUT2D eigenvalue weighted by atomic mass is 32.2. The Balaban J connectivity index is 1.77. The third-order valence-electron chi connectivity index (χ3n) is 4.38. The number of para-hydroxylation sites is 1. The molecule has 1 N–H and O–H groups in total. The predicted octanol–water partition coefficient (Wildman–Crippen LogP) is 2.43. The summed E-state index contributed by atoms with van der Waals surface area (Å²) >= 11 is 0. The van der Waals surface area contributed by atoms with Crippen molar-refractivity contribution in [2.45, 2.75) is 18.2 Å². The third kappa shape index (κ3) is 3.98. The molecule has 0 unspecified atom stereocenters. The standard InChI is InChI=1S/C20H22N2O4S/c1-3-11-21-20(23)14-26-19-9-8-17(13-15(19)2)27(24,25)22-12-10-16-6-4-5-7-18(16)22/h3-9,13H,1,10-12,14H2,2H3,(H,21,23). The van der Waals surface area contributed by atoms with Gasteiger partial charge in [0.2, 0.25) is 0 Å². The smallest absolute Gasteiger partial charge is 0.264 e. The molecule has 0 saturated heterocycles. The normalized spacial score (nSPS) is 13.1. The Morgan fingerprint density at radius 1 is 1.30 bits per heavy atom. The zero-order valence-corrected chi connectivity index (χ0v) is 16.0. The van der Waals surface area contributed by atoms with E-state index in [4.69, 9.17) is 4.74 Å². The van der Waals surface area contributed by atoms with Gasteiger partial charge in [0.05, 0.1) is 10.6 Å². The fourth-order valence-electron chi connectivity index (χ4n) is 3.01. The molecule has 0 aliphatic carbocycles.